The molecule has 1 aromatic heterocycles. The molecule has 5 aliphatic rings. The molecule has 3 aromatic rings. The number of aromatic nitrogens is 1. The predicted molar refractivity (Wildman–Crippen MR) is 178 cm³/mol. The average molecular weight is 616 g/mol. The van der Waals surface area contributed by atoms with Crippen LogP contribution in [0.25, 0.3) is 21.9 Å². The molecule has 2 saturated heterocycles. The van der Waals surface area contributed by atoms with Crippen molar-refractivity contribution >= 4 is 34.3 Å². The van der Waals surface area contributed by atoms with Crippen LogP contribution in [-0.2, 0) is 14.4 Å². The van der Waals surface area contributed by atoms with Crippen LogP contribution in [0.5, 0.6) is 0 Å². The molecule has 2 unspecified atom stereocenters. The van der Waals surface area contributed by atoms with Crippen molar-refractivity contribution < 1.29 is 14.4 Å². The normalized spacial score (nSPS) is 25.2. The first kappa shape index (κ1) is 29.1. The number of likely N-dealkylation sites (tertiary alicyclic amines) is 2. The van der Waals surface area contributed by atoms with E-state index in [0.29, 0.717) is 38.4 Å². The van der Waals surface area contributed by atoms with Crippen LogP contribution in [0.1, 0.15) is 51.5 Å². The number of hydrogen-bond acceptors (Lipinski definition) is 5. The minimum absolute atomic E-state index is 0.0470. The van der Waals surface area contributed by atoms with Crippen LogP contribution in [-0.4, -0.2) is 81.5 Å². The second-order valence-corrected chi connectivity index (χ2v) is 14.4. The van der Waals surface area contributed by atoms with Gasteiger partial charge in [-0.15, -0.1) is 0 Å². The second kappa shape index (κ2) is 10.9. The summed E-state index contributed by atoms with van der Waals surface area (Å²) in [7, 11) is 0. The van der Waals surface area contributed by atoms with Crippen molar-refractivity contribution in [2.45, 2.75) is 51.5 Å². The maximum atomic E-state index is 14.5. The highest BCUT2D eigenvalue weighted by Gasteiger charge is 2.54. The molecule has 46 heavy (non-hydrogen) atoms. The summed E-state index contributed by atoms with van der Waals surface area (Å²) in [5, 5.41) is 2.25. The van der Waals surface area contributed by atoms with Gasteiger partial charge in [-0.25, -0.2) is 0 Å². The average Bonchev–Trinajstić information content (AvgIpc) is 3.77. The van der Waals surface area contributed by atoms with Crippen molar-refractivity contribution in [1.29, 1.82) is 0 Å². The summed E-state index contributed by atoms with van der Waals surface area (Å²) in [6, 6.07) is 16.8. The number of piperidine rings is 1. The van der Waals surface area contributed by atoms with E-state index in [1.807, 2.05) is 42.1 Å². The molecule has 8 heteroatoms. The Morgan fingerprint density at radius 1 is 0.891 bits per heavy atom. The molecule has 8 rings (SSSR count). The molecule has 0 bridgehead atoms. The largest absolute Gasteiger partial charge is 0.342 e. The number of carbonyl (C=O) groups is 3. The topological polar surface area (TPSA) is 86.2 Å². The van der Waals surface area contributed by atoms with Gasteiger partial charge in [-0.1, -0.05) is 62.4 Å². The molecule has 0 radical (unpaired) electrons. The lowest BCUT2D eigenvalue weighted by Crippen LogP contribution is -2.53. The first-order valence-electron chi connectivity index (χ1n) is 16.9. The molecule has 3 amide bonds. The number of hydrogen-bond donors (Lipinski definition) is 0. The molecule has 3 fully saturated rings. The molecular formula is C38H41N5O3. The molecule has 0 N–H and O–H groups in total. The van der Waals surface area contributed by atoms with Gasteiger partial charge in [0.2, 0.25) is 11.8 Å². The summed E-state index contributed by atoms with van der Waals surface area (Å²) >= 11 is 0. The minimum atomic E-state index is -0.849. The number of nitrogens with zero attached hydrogens (tertiary/aromatic N) is 5. The van der Waals surface area contributed by atoms with E-state index >= 15 is 0 Å². The molecule has 8 nitrogen and oxygen atoms in total. The number of benzene rings is 2. The van der Waals surface area contributed by atoms with E-state index in [0.717, 1.165) is 65.7 Å². The summed E-state index contributed by atoms with van der Waals surface area (Å²) in [6.45, 7) is 7.01. The highest BCUT2D eigenvalue weighted by atomic mass is 16.2. The smallest absolute Gasteiger partial charge is 0.256 e. The molecular weight excluding hydrogens is 574 g/mol. The maximum absolute atomic E-state index is 14.5. The van der Waals surface area contributed by atoms with Gasteiger partial charge >= 0.3 is 0 Å². The van der Waals surface area contributed by atoms with E-state index < -0.39 is 5.54 Å². The van der Waals surface area contributed by atoms with E-state index in [4.69, 9.17) is 4.99 Å². The highest BCUT2D eigenvalue weighted by Crippen LogP contribution is 2.49. The van der Waals surface area contributed by atoms with Crippen LogP contribution in [0.4, 0.5) is 0 Å². The predicted octanol–water partition coefficient (Wildman–Crippen LogP) is 5.32. The Balaban J connectivity index is 1.07. The van der Waals surface area contributed by atoms with Gasteiger partial charge in [0.25, 0.3) is 5.91 Å². The molecule has 2 aromatic carbocycles. The number of pyridine rings is 1. The molecule has 2 atom stereocenters. The van der Waals surface area contributed by atoms with Gasteiger partial charge in [0, 0.05) is 79.2 Å². The van der Waals surface area contributed by atoms with Gasteiger partial charge in [0.15, 0.2) is 0 Å². The summed E-state index contributed by atoms with van der Waals surface area (Å²) in [4.78, 5) is 55.5. The van der Waals surface area contributed by atoms with Crippen LogP contribution < -0.4 is 0 Å². The SMILES string of the molecule is CC(C)C(=O)N1CCC2(CC1)N=C(c1ccc(-c3ccc4cnccc4c3)cc1)N(CC1C=CC13CCN(C(=O)C1CC1)C3)C2=O. The number of rotatable bonds is 6. The van der Waals surface area contributed by atoms with Gasteiger partial charge < -0.3 is 9.80 Å². The molecule has 1 saturated carbocycles. The van der Waals surface area contributed by atoms with Crippen molar-refractivity contribution in [3.8, 4) is 11.1 Å². The standard InChI is InChI=1S/C38H41N5O3/c1-25(2)34(44)41-19-15-38(16-20-41)36(46)43(23-32-11-13-37(32)14-18-42(24-37)35(45)28-7-8-28)33(40-38)27-5-3-26(4-6-27)29-9-10-31-22-39-17-12-30(31)21-29/h3-6,9-13,17,21-22,25,28,32H,7-8,14-16,18-20,23-24H2,1-2H3. The highest BCUT2D eigenvalue weighted by molar-refractivity contribution is 6.15. The summed E-state index contributed by atoms with van der Waals surface area (Å²) in [5.41, 5.74) is 2.22. The lowest BCUT2D eigenvalue weighted by atomic mass is 9.66. The van der Waals surface area contributed by atoms with Crippen molar-refractivity contribution in [3.05, 3.63) is 78.6 Å². The lowest BCUT2D eigenvalue weighted by Gasteiger charge is -2.43. The zero-order valence-corrected chi connectivity index (χ0v) is 26.7. The third kappa shape index (κ3) is 4.84. The Morgan fingerprint density at radius 2 is 1.61 bits per heavy atom. The minimum Gasteiger partial charge on any atom is -0.342 e. The summed E-state index contributed by atoms with van der Waals surface area (Å²) < 4.78 is 0. The van der Waals surface area contributed by atoms with Gasteiger partial charge in [0.05, 0.1) is 0 Å². The zero-order valence-electron chi connectivity index (χ0n) is 26.7. The third-order valence-corrected chi connectivity index (χ3v) is 11.1. The maximum Gasteiger partial charge on any atom is 0.256 e. The Kier molecular flexibility index (Phi) is 6.89. The van der Waals surface area contributed by atoms with Crippen LogP contribution in [0.15, 0.2) is 78.1 Å². The van der Waals surface area contributed by atoms with Crippen LogP contribution in [0, 0.1) is 23.2 Å². The van der Waals surface area contributed by atoms with E-state index in [1.165, 1.54) is 0 Å². The third-order valence-electron chi connectivity index (χ3n) is 11.1. The lowest BCUT2D eigenvalue weighted by molar-refractivity contribution is -0.140. The molecule has 236 valence electrons. The van der Waals surface area contributed by atoms with Crippen LogP contribution in [0.2, 0.25) is 0 Å². The van der Waals surface area contributed by atoms with Gasteiger partial charge in [0.1, 0.15) is 11.4 Å². The molecule has 2 aliphatic carbocycles. The number of amidine groups is 1. The van der Waals surface area contributed by atoms with E-state index in [2.05, 4.69) is 64.5 Å². The monoisotopic (exact) mass is 615 g/mol. The summed E-state index contributed by atoms with van der Waals surface area (Å²) in [5.74, 6) is 1.54. The number of aliphatic imine (C=N–C) groups is 1. The second-order valence-electron chi connectivity index (χ2n) is 14.4. The molecule has 2 spiro atoms. The summed E-state index contributed by atoms with van der Waals surface area (Å²) in [6.07, 6.45) is 12.2. The Hall–Kier alpha value is -4.33. The van der Waals surface area contributed by atoms with Gasteiger partial charge in [-0.3, -0.25) is 29.3 Å². The van der Waals surface area contributed by atoms with E-state index in [1.54, 1.807) is 0 Å². The van der Waals surface area contributed by atoms with E-state index in [-0.39, 0.29) is 35.0 Å². The van der Waals surface area contributed by atoms with Gasteiger partial charge in [-0.2, -0.15) is 0 Å². The molecule has 3 aliphatic heterocycles. The van der Waals surface area contributed by atoms with E-state index in [9.17, 15) is 14.4 Å². The Bertz CT molecular complexity index is 1780. The van der Waals surface area contributed by atoms with Crippen molar-refractivity contribution in [1.82, 2.24) is 19.7 Å². The van der Waals surface area contributed by atoms with Gasteiger partial charge in [-0.05, 0) is 60.7 Å². The van der Waals surface area contributed by atoms with Crippen molar-refractivity contribution in [3.63, 3.8) is 0 Å². The Labute approximate surface area is 270 Å². The van der Waals surface area contributed by atoms with Crippen LogP contribution >= 0.6 is 0 Å². The molecule has 4 heterocycles. The fraction of sp³-hybridized carbons (Fsp3) is 0.447. The number of fused-ring (bicyclic) bond motifs is 1. The van der Waals surface area contributed by atoms with Crippen LogP contribution in [0.3, 0.4) is 0 Å². The first-order valence-corrected chi connectivity index (χ1v) is 16.9. The number of amides is 3. The first-order chi connectivity index (χ1) is 22.3. The fourth-order valence-electron chi connectivity index (χ4n) is 7.93. The quantitative estimate of drug-likeness (QED) is 0.351. The fourth-order valence-corrected chi connectivity index (χ4v) is 7.93. The van der Waals surface area contributed by atoms with Crippen molar-refractivity contribution in [2.24, 2.45) is 28.2 Å². The number of carbonyl (C=O) groups excluding carboxylic acids is 3. The zero-order chi connectivity index (χ0) is 31.6. The van der Waals surface area contributed by atoms with Crippen molar-refractivity contribution in [2.75, 3.05) is 32.7 Å². The Morgan fingerprint density at radius 3 is 2.30 bits per heavy atom.